The lowest BCUT2D eigenvalue weighted by Crippen LogP contribution is -2.00. The Kier molecular flexibility index (Phi) is 6.25. The molecule has 3 aromatic heterocycles. The van der Waals surface area contributed by atoms with Crippen molar-refractivity contribution in [3.63, 3.8) is 0 Å². The first-order chi connectivity index (χ1) is 22.8. The van der Waals surface area contributed by atoms with Crippen LogP contribution in [0.25, 0.3) is 88.0 Å². The second-order valence-electron chi connectivity index (χ2n) is 11.1. The summed E-state index contributed by atoms with van der Waals surface area (Å²) in [6, 6.07) is 49.4. The maximum atomic E-state index is 6.74. The zero-order chi connectivity index (χ0) is 30.5. The zero-order valence-corrected chi connectivity index (χ0v) is 25.3. The van der Waals surface area contributed by atoms with Gasteiger partial charge in [-0.05, 0) is 35.4 Å². The molecule has 0 aliphatic carbocycles. The molecule has 0 bridgehead atoms. The van der Waals surface area contributed by atoms with Gasteiger partial charge in [-0.15, -0.1) is 11.3 Å². The molecule has 0 aliphatic heterocycles. The topological polar surface area (TPSA) is 64.7 Å². The van der Waals surface area contributed by atoms with Crippen molar-refractivity contribution < 1.29 is 4.42 Å². The van der Waals surface area contributed by atoms with E-state index in [-0.39, 0.29) is 0 Å². The Morgan fingerprint density at radius 2 is 0.913 bits per heavy atom. The summed E-state index contributed by atoms with van der Waals surface area (Å²) in [7, 11) is 0. The van der Waals surface area contributed by atoms with E-state index < -0.39 is 0 Å². The lowest BCUT2D eigenvalue weighted by molar-refractivity contribution is 0.670. The summed E-state index contributed by atoms with van der Waals surface area (Å²) in [6.07, 6.45) is 0. The third-order valence-electron chi connectivity index (χ3n) is 8.21. The van der Waals surface area contributed by atoms with Crippen LogP contribution in [0, 0.1) is 0 Å². The molecule has 0 unspecified atom stereocenters. The van der Waals surface area contributed by atoms with E-state index in [9.17, 15) is 0 Å². The Balaban J connectivity index is 1.22. The van der Waals surface area contributed by atoms with Crippen LogP contribution in [0.2, 0.25) is 0 Å². The van der Waals surface area contributed by atoms with Gasteiger partial charge in [0, 0.05) is 21.9 Å². The molecular weight excluding hydrogens is 585 g/mol. The van der Waals surface area contributed by atoms with Crippen molar-refractivity contribution in [2.75, 3.05) is 0 Å². The first-order valence-corrected chi connectivity index (χ1v) is 15.9. The van der Waals surface area contributed by atoms with Gasteiger partial charge in [-0.2, -0.15) is 0 Å². The van der Waals surface area contributed by atoms with Crippen molar-refractivity contribution in [3.05, 3.63) is 146 Å². The van der Waals surface area contributed by atoms with Gasteiger partial charge in [-0.3, -0.25) is 0 Å². The van der Waals surface area contributed by atoms with Gasteiger partial charge in [-0.1, -0.05) is 121 Å². The zero-order valence-electron chi connectivity index (χ0n) is 24.5. The van der Waals surface area contributed by atoms with Gasteiger partial charge in [-0.25, -0.2) is 19.9 Å². The van der Waals surface area contributed by atoms with Crippen molar-refractivity contribution >= 4 is 43.5 Å². The van der Waals surface area contributed by atoms with Gasteiger partial charge in [0.05, 0.1) is 21.3 Å². The molecule has 46 heavy (non-hydrogen) atoms. The summed E-state index contributed by atoms with van der Waals surface area (Å²) in [6.45, 7) is 0. The predicted octanol–water partition coefficient (Wildman–Crippen LogP) is 10.7. The van der Waals surface area contributed by atoms with Gasteiger partial charge in [0.15, 0.2) is 17.5 Å². The SMILES string of the molecule is c1ccc(-c2ccc(-c3nc(-c4ccccc4)nc(-c4cccc5c4oc4c(-c6nc7ccccc7s6)cccc45)n3)cc2)cc1. The van der Waals surface area contributed by atoms with E-state index in [1.54, 1.807) is 11.3 Å². The predicted molar refractivity (Wildman–Crippen MR) is 187 cm³/mol. The first-order valence-electron chi connectivity index (χ1n) is 15.1. The summed E-state index contributed by atoms with van der Waals surface area (Å²) in [5.74, 6) is 1.77. The Morgan fingerprint density at radius 1 is 0.391 bits per heavy atom. The van der Waals surface area contributed by atoms with Crippen LogP contribution in [0.3, 0.4) is 0 Å². The molecule has 9 rings (SSSR count). The minimum absolute atomic E-state index is 0.558. The number of hydrogen-bond acceptors (Lipinski definition) is 6. The number of hydrogen-bond donors (Lipinski definition) is 0. The molecule has 0 aliphatic rings. The number of para-hydroxylation sites is 3. The largest absolute Gasteiger partial charge is 0.455 e. The maximum absolute atomic E-state index is 6.74. The van der Waals surface area contributed by atoms with Crippen LogP contribution < -0.4 is 0 Å². The number of fused-ring (bicyclic) bond motifs is 4. The molecule has 216 valence electrons. The second-order valence-corrected chi connectivity index (χ2v) is 12.1. The van der Waals surface area contributed by atoms with Crippen LogP contribution >= 0.6 is 11.3 Å². The van der Waals surface area contributed by atoms with Crippen molar-refractivity contribution in [2.45, 2.75) is 0 Å². The lowest BCUT2D eigenvalue weighted by Gasteiger charge is -2.09. The minimum Gasteiger partial charge on any atom is -0.455 e. The summed E-state index contributed by atoms with van der Waals surface area (Å²) >= 11 is 1.67. The highest BCUT2D eigenvalue weighted by molar-refractivity contribution is 7.21. The Labute approximate surface area is 268 Å². The first kappa shape index (κ1) is 26.4. The van der Waals surface area contributed by atoms with Crippen LogP contribution in [0.4, 0.5) is 0 Å². The molecule has 0 atom stereocenters. The fourth-order valence-electron chi connectivity index (χ4n) is 5.94. The van der Waals surface area contributed by atoms with Crippen LogP contribution in [-0.4, -0.2) is 19.9 Å². The highest BCUT2D eigenvalue weighted by Crippen LogP contribution is 2.41. The van der Waals surface area contributed by atoms with Crippen molar-refractivity contribution in [1.29, 1.82) is 0 Å². The van der Waals surface area contributed by atoms with Crippen molar-refractivity contribution in [1.82, 2.24) is 19.9 Å². The van der Waals surface area contributed by atoms with Crippen LogP contribution in [0.5, 0.6) is 0 Å². The molecule has 3 heterocycles. The third kappa shape index (κ3) is 4.55. The van der Waals surface area contributed by atoms with E-state index >= 15 is 0 Å². The standard InChI is InChI=1S/C40H24N4OS/c1-3-11-25(12-4-1)26-21-23-28(24-22-26)38-42-37(27-13-5-2-6-14-27)43-39(44-38)31-17-9-15-29-30-16-10-18-32(36(30)45-35(29)31)40-41-33-19-7-8-20-34(33)46-40/h1-24H. The molecule has 0 fully saturated rings. The van der Waals surface area contributed by atoms with Gasteiger partial charge in [0.2, 0.25) is 0 Å². The number of thiazole rings is 1. The molecule has 0 spiro atoms. The van der Waals surface area contributed by atoms with Gasteiger partial charge in [0.1, 0.15) is 16.2 Å². The van der Waals surface area contributed by atoms with E-state index in [4.69, 9.17) is 24.4 Å². The summed E-state index contributed by atoms with van der Waals surface area (Å²) in [5, 5.41) is 2.97. The van der Waals surface area contributed by atoms with E-state index in [2.05, 4.69) is 66.7 Å². The van der Waals surface area contributed by atoms with E-state index in [0.29, 0.717) is 17.5 Å². The molecule has 5 nitrogen and oxygen atoms in total. The molecule has 6 aromatic carbocycles. The van der Waals surface area contributed by atoms with Gasteiger partial charge >= 0.3 is 0 Å². The monoisotopic (exact) mass is 608 g/mol. The Morgan fingerprint density at radius 3 is 1.61 bits per heavy atom. The van der Waals surface area contributed by atoms with Crippen LogP contribution in [0.1, 0.15) is 0 Å². The van der Waals surface area contributed by atoms with E-state index in [1.807, 2.05) is 78.9 Å². The molecule has 0 radical (unpaired) electrons. The van der Waals surface area contributed by atoms with Crippen molar-refractivity contribution in [2.24, 2.45) is 0 Å². The summed E-state index contributed by atoms with van der Waals surface area (Å²) < 4.78 is 7.89. The molecule has 0 saturated heterocycles. The number of aromatic nitrogens is 4. The molecule has 0 saturated carbocycles. The Hall–Kier alpha value is -5.98. The fraction of sp³-hybridized carbons (Fsp3) is 0. The van der Waals surface area contributed by atoms with E-state index in [0.717, 1.165) is 70.5 Å². The maximum Gasteiger partial charge on any atom is 0.167 e. The number of rotatable bonds is 5. The number of furan rings is 1. The highest BCUT2D eigenvalue weighted by Gasteiger charge is 2.20. The molecule has 6 heteroatoms. The summed E-state index contributed by atoms with van der Waals surface area (Å²) in [4.78, 5) is 19.9. The average Bonchev–Trinajstić information content (AvgIpc) is 3.74. The smallest absolute Gasteiger partial charge is 0.167 e. The van der Waals surface area contributed by atoms with Gasteiger partial charge in [0.25, 0.3) is 0 Å². The minimum atomic E-state index is 0.558. The van der Waals surface area contributed by atoms with Crippen molar-refractivity contribution in [3.8, 4) is 55.9 Å². The molecule has 0 N–H and O–H groups in total. The van der Waals surface area contributed by atoms with Crippen LogP contribution in [-0.2, 0) is 0 Å². The quantitative estimate of drug-likeness (QED) is 0.194. The van der Waals surface area contributed by atoms with Crippen LogP contribution in [0.15, 0.2) is 150 Å². The molecule has 0 amide bonds. The lowest BCUT2D eigenvalue weighted by atomic mass is 10.0. The average molecular weight is 609 g/mol. The third-order valence-corrected chi connectivity index (χ3v) is 9.28. The van der Waals surface area contributed by atoms with E-state index in [1.165, 1.54) is 0 Å². The highest BCUT2D eigenvalue weighted by atomic mass is 32.1. The Bertz CT molecular complexity index is 2490. The normalized spacial score (nSPS) is 11.5. The van der Waals surface area contributed by atoms with Gasteiger partial charge < -0.3 is 4.42 Å². The second kappa shape index (κ2) is 10.9. The number of nitrogens with zero attached hydrogens (tertiary/aromatic N) is 4. The fourth-order valence-corrected chi connectivity index (χ4v) is 6.92. The molecular formula is C40H24N4OS. The summed E-state index contributed by atoms with van der Waals surface area (Å²) in [5.41, 5.74) is 8.44. The molecule has 9 aromatic rings. The number of benzene rings is 6.